The number of aromatic nitrogens is 2. The molecular weight excluding hydrogens is 300 g/mol. The summed E-state index contributed by atoms with van der Waals surface area (Å²) in [6.07, 6.45) is 2.59. The zero-order valence-corrected chi connectivity index (χ0v) is 12.2. The lowest BCUT2D eigenvalue weighted by atomic mass is 10.2. The summed E-state index contributed by atoms with van der Waals surface area (Å²) >= 11 is 5.69. The van der Waals surface area contributed by atoms with E-state index in [0.29, 0.717) is 18.1 Å². The maximum Gasteiger partial charge on any atom is 0.224 e. The summed E-state index contributed by atoms with van der Waals surface area (Å²) in [4.78, 5) is 8.01. The smallest absolute Gasteiger partial charge is 0.224 e. The number of nitrogens with two attached hydrogens (primary N) is 1. The van der Waals surface area contributed by atoms with Gasteiger partial charge in [-0.1, -0.05) is 12.1 Å². The number of benzene rings is 1. The fourth-order valence-corrected chi connectivity index (χ4v) is 2.32. The van der Waals surface area contributed by atoms with Crippen LogP contribution in [0.25, 0.3) is 0 Å². The third-order valence-electron chi connectivity index (χ3n) is 2.60. The molecule has 106 valence electrons. The van der Waals surface area contributed by atoms with Gasteiger partial charge in [-0.05, 0) is 29.3 Å². The lowest BCUT2D eigenvalue weighted by molar-refractivity contribution is 0.602. The van der Waals surface area contributed by atoms with Gasteiger partial charge in [0.1, 0.15) is 0 Å². The average molecular weight is 313 g/mol. The standard InChI is InChI=1S/C12H13ClN4O2S/c1-20(18,19)9-4-2-8(3-5-9)6-15-11-10(14)7-16-12(13)17-11/h2-5,7H,6,14H2,1H3,(H,15,16,17). The van der Waals surface area contributed by atoms with Crippen LogP contribution in [0.3, 0.4) is 0 Å². The molecule has 3 N–H and O–H groups in total. The lowest BCUT2D eigenvalue weighted by Gasteiger charge is -2.08. The van der Waals surface area contributed by atoms with Gasteiger partial charge in [-0.25, -0.2) is 13.4 Å². The number of nitrogens with one attached hydrogen (secondary N) is 1. The molecule has 1 heterocycles. The van der Waals surface area contributed by atoms with Gasteiger partial charge in [0.15, 0.2) is 15.7 Å². The molecule has 1 aromatic carbocycles. The second kappa shape index (κ2) is 5.64. The Bertz CT molecular complexity index is 717. The van der Waals surface area contributed by atoms with Crippen LogP contribution in [-0.4, -0.2) is 24.6 Å². The fourth-order valence-electron chi connectivity index (χ4n) is 1.55. The molecule has 0 fully saturated rings. The number of sulfone groups is 1. The molecule has 1 aromatic heterocycles. The Labute approximate surface area is 121 Å². The van der Waals surface area contributed by atoms with E-state index in [-0.39, 0.29) is 10.2 Å². The van der Waals surface area contributed by atoms with Gasteiger partial charge in [-0.2, -0.15) is 4.98 Å². The molecule has 0 radical (unpaired) electrons. The van der Waals surface area contributed by atoms with Gasteiger partial charge in [0, 0.05) is 12.8 Å². The molecule has 0 spiro atoms. The van der Waals surface area contributed by atoms with Gasteiger partial charge >= 0.3 is 0 Å². The quantitative estimate of drug-likeness (QED) is 0.834. The number of nitrogens with zero attached hydrogens (tertiary/aromatic N) is 2. The summed E-state index contributed by atoms with van der Waals surface area (Å²) in [5.74, 6) is 0.442. The minimum Gasteiger partial charge on any atom is -0.394 e. The van der Waals surface area contributed by atoms with Gasteiger partial charge in [-0.3, -0.25) is 0 Å². The first-order chi connectivity index (χ1) is 9.36. The molecule has 0 bridgehead atoms. The first-order valence-electron chi connectivity index (χ1n) is 5.67. The van der Waals surface area contributed by atoms with Crippen LogP contribution in [0.1, 0.15) is 5.56 Å². The summed E-state index contributed by atoms with van der Waals surface area (Å²) in [7, 11) is -3.18. The van der Waals surface area contributed by atoms with Crippen LogP contribution < -0.4 is 11.1 Å². The third-order valence-corrected chi connectivity index (χ3v) is 3.91. The first-order valence-corrected chi connectivity index (χ1v) is 7.94. The van der Waals surface area contributed by atoms with Crippen LogP contribution in [0.4, 0.5) is 11.5 Å². The lowest BCUT2D eigenvalue weighted by Crippen LogP contribution is -2.06. The highest BCUT2D eigenvalue weighted by atomic mass is 35.5. The van der Waals surface area contributed by atoms with Crippen molar-refractivity contribution in [3.05, 3.63) is 41.3 Å². The maximum atomic E-state index is 11.3. The zero-order chi connectivity index (χ0) is 14.8. The minimum absolute atomic E-state index is 0.106. The van der Waals surface area contributed by atoms with Crippen molar-refractivity contribution in [1.82, 2.24) is 9.97 Å². The molecule has 0 saturated carbocycles. The maximum absolute atomic E-state index is 11.3. The summed E-state index contributed by atoms with van der Waals surface area (Å²) in [5, 5.41) is 3.12. The largest absolute Gasteiger partial charge is 0.394 e. The van der Waals surface area contributed by atoms with Crippen molar-refractivity contribution in [3.63, 3.8) is 0 Å². The molecule has 2 aromatic rings. The molecule has 20 heavy (non-hydrogen) atoms. The van der Waals surface area contributed by atoms with E-state index in [0.717, 1.165) is 5.56 Å². The normalized spacial score (nSPS) is 11.3. The van der Waals surface area contributed by atoms with Crippen molar-refractivity contribution in [3.8, 4) is 0 Å². The Morgan fingerprint density at radius 1 is 1.30 bits per heavy atom. The van der Waals surface area contributed by atoms with E-state index in [9.17, 15) is 8.42 Å². The van der Waals surface area contributed by atoms with Crippen molar-refractivity contribution in [2.24, 2.45) is 0 Å². The molecule has 0 aliphatic rings. The monoisotopic (exact) mass is 312 g/mol. The molecule has 0 aliphatic carbocycles. The summed E-state index contributed by atoms with van der Waals surface area (Å²) in [6, 6.07) is 6.57. The predicted octanol–water partition coefficient (Wildman–Crippen LogP) is 1.73. The van der Waals surface area contributed by atoms with Gasteiger partial charge in [0.2, 0.25) is 5.28 Å². The molecule has 0 atom stereocenters. The number of rotatable bonds is 4. The van der Waals surface area contributed by atoms with Crippen molar-refractivity contribution in [2.75, 3.05) is 17.3 Å². The van der Waals surface area contributed by atoms with Crippen LogP contribution in [0.2, 0.25) is 5.28 Å². The number of hydrogen-bond donors (Lipinski definition) is 2. The van der Waals surface area contributed by atoms with E-state index in [2.05, 4.69) is 15.3 Å². The molecule has 0 saturated heterocycles. The molecule has 6 nitrogen and oxygen atoms in total. The first kappa shape index (κ1) is 14.5. The minimum atomic E-state index is -3.18. The van der Waals surface area contributed by atoms with E-state index in [1.165, 1.54) is 12.5 Å². The SMILES string of the molecule is CS(=O)(=O)c1ccc(CNc2nc(Cl)ncc2N)cc1. The van der Waals surface area contributed by atoms with Crippen LogP contribution in [0.5, 0.6) is 0 Å². The summed E-state index contributed by atoms with van der Waals surface area (Å²) < 4.78 is 22.7. The Balaban J connectivity index is 2.10. The molecule has 0 amide bonds. The summed E-state index contributed by atoms with van der Waals surface area (Å²) in [6.45, 7) is 0.446. The summed E-state index contributed by atoms with van der Waals surface area (Å²) in [5.41, 5.74) is 7.00. The van der Waals surface area contributed by atoms with Gasteiger partial charge in [-0.15, -0.1) is 0 Å². The second-order valence-electron chi connectivity index (χ2n) is 4.21. The highest BCUT2D eigenvalue weighted by Crippen LogP contribution is 2.17. The molecular formula is C12H13ClN4O2S. The van der Waals surface area contributed by atoms with Crippen LogP contribution in [0, 0.1) is 0 Å². The van der Waals surface area contributed by atoms with E-state index in [1.54, 1.807) is 24.3 Å². The molecule has 8 heteroatoms. The van der Waals surface area contributed by atoms with Crippen LogP contribution in [0.15, 0.2) is 35.4 Å². The Morgan fingerprint density at radius 3 is 2.55 bits per heavy atom. The topological polar surface area (TPSA) is 98.0 Å². The molecule has 0 unspecified atom stereocenters. The zero-order valence-electron chi connectivity index (χ0n) is 10.7. The van der Waals surface area contributed by atoms with Crippen molar-refractivity contribution in [2.45, 2.75) is 11.4 Å². The Hall–Kier alpha value is -1.86. The number of halogens is 1. The molecule has 0 aliphatic heterocycles. The van der Waals surface area contributed by atoms with E-state index < -0.39 is 9.84 Å². The Kier molecular flexibility index (Phi) is 4.10. The van der Waals surface area contributed by atoms with Crippen molar-refractivity contribution >= 4 is 32.9 Å². The van der Waals surface area contributed by atoms with Gasteiger partial charge < -0.3 is 11.1 Å². The Morgan fingerprint density at radius 2 is 1.95 bits per heavy atom. The fraction of sp³-hybridized carbons (Fsp3) is 0.167. The highest BCUT2D eigenvalue weighted by molar-refractivity contribution is 7.90. The highest BCUT2D eigenvalue weighted by Gasteiger charge is 2.07. The predicted molar refractivity (Wildman–Crippen MR) is 78.3 cm³/mol. The van der Waals surface area contributed by atoms with Crippen molar-refractivity contribution < 1.29 is 8.42 Å². The van der Waals surface area contributed by atoms with E-state index in [4.69, 9.17) is 17.3 Å². The van der Waals surface area contributed by atoms with E-state index in [1.807, 2.05) is 0 Å². The number of anilines is 2. The van der Waals surface area contributed by atoms with Crippen LogP contribution in [-0.2, 0) is 16.4 Å². The van der Waals surface area contributed by atoms with Gasteiger partial charge in [0.25, 0.3) is 0 Å². The molecule has 2 rings (SSSR count). The van der Waals surface area contributed by atoms with E-state index >= 15 is 0 Å². The van der Waals surface area contributed by atoms with Crippen molar-refractivity contribution in [1.29, 1.82) is 0 Å². The number of nitrogen functional groups attached to an aromatic ring is 1. The number of hydrogen-bond acceptors (Lipinski definition) is 6. The third kappa shape index (κ3) is 3.58. The van der Waals surface area contributed by atoms with Crippen LogP contribution >= 0.6 is 11.6 Å². The second-order valence-corrected chi connectivity index (χ2v) is 6.57. The average Bonchev–Trinajstić information content (AvgIpc) is 2.39. The van der Waals surface area contributed by atoms with Gasteiger partial charge in [0.05, 0.1) is 16.8 Å².